The minimum Gasteiger partial charge on any atom is -0.507 e. The number of carbonyl (C=O) groups is 2. The molecule has 0 heterocycles. The van der Waals surface area contributed by atoms with Gasteiger partial charge in [-0.05, 0) is 48.6 Å². The molecule has 0 aliphatic rings. The van der Waals surface area contributed by atoms with E-state index in [9.17, 15) is 14.7 Å². The summed E-state index contributed by atoms with van der Waals surface area (Å²) in [6.45, 7) is 10.5. The summed E-state index contributed by atoms with van der Waals surface area (Å²) in [6, 6.07) is 8.19. The molecule has 0 fully saturated rings. The molecule has 0 aromatic heterocycles. The first-order chi connectivity index (χ1) is 9.82. The number of hydrogen-bond acceptors (Lipinski definition) is 3. The highest BCUT2D eigenvalue weighted by molar-refractivity contribution is 6.14. The maximum atomic E-state index is 11.9. The van der Waals surface area contributed by atoms with Crippen LogP contribution >= 0.6 is 0 Å². The Balaban J connectivity index is 2.61. The molecular formula is C18H16O3. The van der Waals surface area contributed by atoms with Gasteiger partial charge < -0.3 is 5.11 Å². The van der Waals surface area contributed by atoms with Gasteiger partial charge in [-0.15, -0.1) is 0 Å². The SMILES string of the molecule is C=C(C)C(=O)c1ccc2c(O)c(C(=O)C(=C)C)ccc2c1. The number of benzene rings is 2. The van der Waals surface area contributed by atoms with E-state index >= 15 is 0 Å². The van der Waals surface area contributed by atoms with Crippen LogP contribution in [-0.4, -0.2) is 16.7 Å². The lowest BCUT2D eigenvalue weighted by Gasteiger charge is -2.08. The minimum absolute atomic E-state index is 0.0881. The van der Waals surface area contributed by atoms with Crippen molar-refractivity contribution in [1.82, 2.24) is 0 Å². The third-order valence-corrected chi connectivity index (χ3v) is 3.27. The molecular weight excluding hydrogens is 264 g/mol. The van der Waals surface area contributed by atoms with Gasteiger partial charge in [0, 0.05) is 10.9 Å². The number of rotatable bonds is 4. The predicted molar refractivity (Wildman–Crippen MR) is 83.9 cm³/mol. The molecule has 0 atom stereocenters. The number of phenolic OH excluding ortho intramolecular Hbond substituents is 1. The minimum atomic E-state index is -0.295. The van der Waals surface area contributed by atoms with Crippen molar-refractivity contribution in [2.45, 2.75) is 13.8 Å². The van der Waals surface area contributed by atoms with Crippen LogP contribution < -0.4 is 0 Å². The lowest BCUT2D eigenvalue weighted by atomic mass is 9.97. The Bertz CT molecular complexity index is 797. The zero-order valence-corrected chi connectivity index (χ0v) is 12.1. The molecule has 2 aromatic rings. The van der Waals surface area contributed by atoms with Gasteiger partial charge in [0.15, 0.2) is 11.6 Å². The highest BCUT2D eigenvalue weighted by Crippen LogP contribution is 2.31. The smallest absolute Gasteiger partial charge is 0.191 e. The Morgan fingerprint density at radius 1 is 0.952 bits per heavy atom. The van der Waals surface area contributed by atoms with E-state index in [1.54, 1.807) is 44.2 Å². The van der Waals surface area contributed by atoms with E-state index in [1.807, 2.05) is 0 Å². The Hall–Kier alpha value is -2.68. The second kappa shape index (κ2) is 5.37. The van der Waals surface area contributed by atoms with E-state index < -0.39 is 0 Å². The number of carbonyl (C=O) groups excluding carboxylic acids is 2. The number of allylic oxidation sites excluding steroid dienone is 2. The maximum Gasteiger partial charge on any atom is 0.191 e. The number of Topliss-reactive ketones (excluding diaryl/α,β-unsaturated/α-hetero) is 2. The number of aromatic hydroxyl groups is 1. The molecule has 0 radical (unpaired) electrons. The fraction of sp³-hybridized carbons (Fsp3) is 0.111. The van der Waals surface area contributed by atoms with Crippen molar-refractivity contribution in [2.24, 2.45) is 0 Å². The van der Waals surface area contributed by atoms with Crippen LogP contribution in [0.25, 0.3) is 10.8 Å². The molecule has 0 saturated carbocycles. The zero-order valence-electron chi connectivity index (χ0n) is 12.1. The molecule has 0 saturated heterocycles. The van der Waals surface area contributed by atoms with Crippen molar-refractivity contribution in [3.63, 3.8) is 0 Å². The molecule has 106 valence electrons. The van der Waals surface area contributed by atoms with Gasteiger partial charge in [-0.1, -0.05) is 25.3 Å². The van der Waals surface area contributed by atoms with E-state index in [2.05, 4.69) is 13.2 Å². The van der Waals surface area contributed by atoms with Crippen LogP contribution in [0.3, 0.4) is 0 Å². The molecule has 1 N–H and O–H groups in total. The van der Waals surface area contributed by atoms with Crippen LogP contribution in [0.15, 0.2) is 54.6 Å². The third-order valence-electron chi connectivity index (χ3n) is 3.27. The lowest BCUT2D eigenvalue weighted by Crippen LogP contribution is -2.01. The largest absolute Gasteiger partial charge is 0.507 e. The molecule has 0 bridgehead atoms. The van der Waals surface area contributed by atoms with Gasteiger partial charge in [0.05, 0.1) is 5.56 Å². The van der Waals surface area contributed by atoms with Gasteiger partial charge >= 0.3 is 0 Å². The molecule has 3 nitrogen and oxygen atoms in total. The van der Waals surface area contributed by atoms with E-state index in [1.165, 1.54) is 0 Å². The third kappa shape index (κ3) is 2.63. The van der Waals surface area contributed by atoms with Crippen LogP contribution in [0.5, 0.6) is 5.75 Å². The van der Waals surface area contributed by atoms with Crippen molar-refractivity contribution >= 4 is 22.3 Å². The Morgan fingerprint density at radius 3 is 2.14 bits per heavy atom. The molecule has 0 spiro atoms. The Morgan fingerprint density at radius 2 is 1.57 bits per heavy atom. The molecule has 21 heavy (non-hydrogen) atoms. The number of phenols is 1. The maximum absolute atomic E-state index is 11.9. The number of ketones is 2. The van der Waals surface area contributed by atoms with E-state index in [-0.39, 0.29) is 22.9 Å². The summed E-state index contributed by atoms with van der Waals surface area (Å²) < 4.78 is 0. The Labute approximate surface area is 123 Å². The molecule has 3 heteroatoms. The zero-order chi connectivity index (χ0) is 15.7. The standard InChI is InChI=1S/C18H16O3/c1-10(2)16(19)13-6-7-14-12(9-13)5-8-15(18(14)21)17(20)11(3)4/h5-9,21H,1,3H2,2,4H3. The van der Waals surface area contributed by atoms with Gasteiger partial charge in [-0.25, -0.2) is 0 Å². The van der Waals surface area contributed by atoms with E-state index in [0.717, 1.165) is 0 Å². The second-order valence-corrected chi connectivity index (χ2v) is 5.12. The van der Waals surface area contributed by atoms with Crippen molar-refractivity contribution < 1.29 is 14.7 Å². The van der Waals surface area contributed by atoms with Crippen LogP contribution in [0.2, 0.25) is 0 Å². The summed E-state index contributed by atoms with van der Waals surface area (Å²) in [7, 11) is 0. The van der Waals surface area contributed by atoms with E-state index in [4.69, 9.17) is 0 Å². The first-order valence-electron chi connectivity index (χ1n) is 6.49. The average Bonchev–Trinajstić information content (AvgIpc) is 2.45. The van der Waals surface area contributed by atoms with Crippen LogP contribution in [0, 0.1) is 0 Å². The molecule has 0 aliphatic carbocycles. The van der Waals surface area contributed by atoms with Crippen molar-refractivity contribution in [3.8, 4) is 5.75 Å². The molecule has 0 aliphatic heterocycles. The summed E-state index contributed by atoms with van der Waals surface area (Å²) >= 11 is 0. The fourth-order valence-corrected chi connectivity index (χ4v) is 2.11. The van der Waals surface area contributed by atoms with Crippen molar-refractivity contribution in [1.29, 1.82) is 0 Å². The summed E-state index contributed by atoms with van der Waals surface area (Å²) in [5.74, 6) is -0.523. The second-order valence-electron chi connectivity index (χ2n) is 5.12. The van der Waals surface area contributed by atoms with E-state index in [0.29, 0.717) is 27.5 Å². The first kappa shape index (κ1) is 14.7. The summed E-state index contributed by atoms with van der Waals surface area (Å²) in [6.07, 6.45) is 0. The van der Waals surface area contributed by atoms with Crippen LogP contribution in [0.1, 0.15) is 34.6 Å². The molecule has 2 rings (SSSR count). The van der Waals surface area contributed by atoms with Gasteiger partial charge in [-0.2, -0.15) is 0 Å². The van der Waals surface area contributed by atoms with Gasteiger partial charge in [-0.3, -0.25) is 9.59 Å². The predicted octanol–water partition coefficient (Wildman–Crippen LogP) is 4.06. The van der Waals surface area contributed by atoms with Gasteiger partial charge in [0.1, 0.15) is 5.75 Å². The molecule has 2 aromatic carbocycles. The summed E-state index contributed by atoms with van der Waals surface area (Å²) in [5, 5.41) is 11.5. The lowest BCUT2D eigenvalue weighted by molar-refractivity contribution is 0.102. The summed E-state index contributed by atoms with van der Waals surface area (Å²) in [5.41, 5.74) is 1.54. The molecule has 0 unspecified atom stereocenters. The number of fused-ring (bicyclic) bond motifs is 1. The Kier molecular flexibility index (Phi) is 3.76. The quantitative estimate of drug-likeness (QED) is 0.678. The van der Waals surface area contributed by atoms with Crippen LogP contribution in [0.4, 0.5) is 0 Å². The monoisotopic (exact) mass is 280 g/mol. The highest BCUT2D eigenvalue weighted by Gasteiger charge is 2.15. The first-order valence-corrected chi connectivity index (χ1v) is 6.49. The summed E-state index contributed by atoms with van der Waals surface area (Å²) in [4.78, 5) is 23.9. The molecule has 0 amide bonds. The van der Waals surface area contributed by atoms with Crippen LogP contribution in [-0.2, 0) is 0 Å². The topological polar surface area (TPSA) is 54.4 Å². The average molecular weight is 280 g/mol. The van der Waals surface area contributed by atoms with Crippen molar-refractivity contribution in [3.05, 3.63) is 65.8 Å². The number of hydrogen-bond donors (Lipinski definition) is 1. The fourth-order valence-electron chi connectivity index (χ4n) is 2.11. The van der Waals surface area contributed by atoms with Gasteiger partial charge in [0.2, 0.25) is 0 Å². The van der Waals surface area contributed by atoms with Crippen molar-refractivity contribution in [2.75, 3.05) is 0 Å². The van der Waals surface area contributed by atoms with Gasteiger partial charge in [0.25, 0.3) is 0 Å². The highest BCUT2D eigenvalue weighted by atomic mass is 16.3. The normalized spacial score (nSPS) is 10.4.